The third-order valence-electron chi connectivity index (χ3n) is 2.49. The second-order valence-corrected chi connectivity index (χ2v) is 7.18. The molecule has 1 rings (SSSR count). The molecule has 1 aromatic rings. The second kappa shape index (κ2) is 4.79. The van der Waals surface area contributed by atoms with Crippen LogP contribution in [-0.2, 0) is 4.57 Å². The van der Waals surface area contributed by atoms with Crippen LogP contribution in [0.4, 0.5) is 0 Å². The van der Waals surface area contributed by atoms with Crippen LogP contribution in [0.2, 0.25) is 0 Å². The van der Waals surface area contributed by atoms with Gasteiger partial charge in [0.1, 0.15) is 7.14 Å². The number of unbranched alkanes of at least 4 members (excludes halogenated alkanes) is 1. The van der Waals surface area contributed by atoms with Gasteiger partial charge in [-0.2, -0.15) is 0 Å². The molecule has 0 fully saturated rings. The molecule has 2 heteroatoms. The van der Waals surface area contributed by atoms with Crippen LogP contribution in [0.25, 0.3) is 0 Å². The molecule has 14 heavy (non-hydrogen) atoms. The van der Waals surface area contributed by atoms with Crippen LogP contribution in [-0.4, -0.2) is 12.8 Å². The minimum Gasteiger partial charge on any atom is -0.319 e. The fraction of sp³-hybridized carbons (Fsp3) is 0.500. The summed E-state index contributed by atoms with van der Waals surface area (Å²) in [5, 5.41) is 1.03. The summed E-state index contributed by atoms with van der Waals surface area (Å²) in [5.74, 6) is 0. The van der Waals surface area contributed by atoms with E-state index in [1.54, 1.807) is 0 Å². The van der Waals surface area contributed by atoms with Gasteiger partial charge in [-0.3, -0.25) is 0 Å². The molecule has 78 valence electrons. The van der Waals surface area contributed by atoms with E-state index in [1.807, 2.05) is 31.8 Å². The van der Waals surface area contributed by atoms with Crippen molar-refractivity contribution >= 4 is 12.4 Å². The van der Waals surface area contributed by atoms with Crippen LogP contribution in [0.5, 0.6) is 0 Å². The first kappa shape index (κ1) is 11.5. The fourth-order valence-corrected chi connectivity index (χ4v) is 3.57. The van der Waals surface area contributed by atoms with E-state index in [9.17, 15) is 4.57 Å². The third kappa shape index (κ3) is 2.99. The Bertz CT molecular complexity index is 344. The molecular formula is C12H19OP. The van der Waals surface area contributed by atoms with Crippen molar-refractivity contribution in [2.75, 3.05) is 12.8 Å². The van der Waals surface area contributed by atoms with Crippen LogP contribution in [0, 0.1) is 6.92 Å². The highest BCUT2D eigenvalue weighted by Gasteiger charge is 2.16. The van der Waals surface area contributed by atoms with Crippen molar-refractivity contribution in [2.24, 2.45) is 0 Å². The van der Waals surface area contributed by atoms with Crippen LogP contribution < -0.4 is 5.30 Å². The number of aryl methyl sites for hydroxylation is 1. The lowest BCUT2D eigenvalue weighted by molar-refractivity contribution is 0.582. The first-order valence-corrected chi connectivity index (χ1v) is 7.54. The highest BCUT2D eigenvalue weighted by Crippen LogP contribution is 2.40. The van der Waals surface area contributed by atoms with Gasteiger partial charge in [0.15, 0.2) is 0 Å². The molecule has 0 aliphatic carbocycles. The fourth-order valence-electron chi connectivity index (χ4n) is 1.51. The normalized spacial score (nSPS) is 15.1. The molecular weight excluding hydrogens is 191 g/mol. The van der Waals surface area contributed by atoms with E-state index in [2.05, 4.69) is 13.0 Å². The predicted molar refractivity (Wildman–Crippen MR) is 64.1 cm³/mol. The molecule has 0 saturated heterocycles. The van der Waals surface area contributed by atoms with Crippen molar-refractivity contribution in [1.82, 2.24) is 0 Å². The summed E-state index contributed by atoms with van der Waals surface area (Å²) in [5.41, 5.74) is 1.20. The molecule has 0 saturated carbocycles. The monoisotopic (exact) mass is 210 g/mol. The van der Waals surface area contributed by atoms with E-state index in [0.717, 1.165) is 24.3 Å². The quantitative estimate of drug-likeness (QED) is 0.696. The molecule has 0 aliphatic heterocycles. The lowest BCUT2D eigenvalue weighted by atomic mass is 10.2. The summed E-state index contributed by atoms with van der Waals surface area (Å²) in [7, 11) is -2.09. The van der Waals surface area contributed by atoms with Crippen molar-refractivity contribution in [3.63, 3.8) is 0 Å². The first-order chi connectivity index (χ1) is 6.56. The molecule has 0 bridgehead atoms. The van der Waals surface area contributed by atoms with Crippen molar-refractivity contribution < 1.29 is 4.57 Å². The summed E-state index contributed by atoms with van der Waals surface area (Å²) < 4.78 is 12.3. The van der Waals surface area contributed by atoms with Gasteiger partial charge in [-0.05, 0) is 26.1 Å². The summed E-state index contributed by atoms with van der Waals surface area (Å²) in [6, 6.07) is 8.08. The van der Waals surface area contributed by atoms with Gasteiger partial charge in [0.05, 0.1) is 0 Å². The Morgan fingerprint density at radius 1 is 1.36 bits per heavy atom. The van der Waals surface area contributed by atoms with Crippen molar-refractivity contribution in [3.8, 4) is 0 Å². The van der Waals surface area contributed by atoms with Gasteiger partial charge in [-0.25, -0.2) is 0 Å². The van der Waals surface area contributed by atoms with E-state index in [4.69, 9.17) is 0 Å². The maximum atomic E-state index is 12.3. The maximum Gasteiger partial charge on any atom is 0.112 e. The average Bonchev–Trinajstić information content (AvgIpc) is 2.15. The van der Waals surface area contributed by atoms with Crippen molar-refractivity contribution in [1.29, 1.82) is 0 Å². The second-order valence-electron chi connectivity index (χ2n) is 4.02. The van der Waals surface area contributed by atoms with E-state index in [-0.39, 0.29) is 0 Å². The summed E-state index contributed by atoms with van der Waals surface area (Å²) >= 11 is 0. The highest BCUT2D eigenvalue weighted by atomic mass is 31.2. The third-order valence-corrected chi connectivity index (χ3v) is 5.03. The predicted octanol–water partition coefficient (Wildman–Crippen LogP) is 3.41. The minimum atomic E-state index is -2.09. The highest BCUT2D eigenvalue weighted by molar-refractivity contribution is 7.70. The Labute approximate surface area is 86.9 Å². The summed E-state index contributed by atoms with van der Waals surface area (Å²) in [4.78, 5) is 0. The SMILES string of the molecule is CCCCP(C)(=O)c1cccc(C)c1. The molecule has 0 radical (unpaired) electrons. The lowest BCUT2D eigenvalue weighted by Crippen LogP contribution is -2.06. The Kier molecular flexibility index (Phi) is 3.95. The van der Waals surface area contributed by atoms with Gasteiger partial charge >= 0.3 is 0 Å². The van der Waals surface area contributed by atoms with Crippen molar-refractivity contribution in [2.45, 2.75) is 26.7 Å². The number of hydrogen-bond donors (Lipinski definition) is 0. The first-order valence-electron chi connectivity index (χ1n) is 5.20. The smallest absolute Gasteiger partial charge is 0.112 e. The number of hydrogen-bond acceptors (Lipinski definition) is 1. The Morgan fingerprint density at radius 3 is 2.64 bits per heavy atom. The van der Waals surface area contributed by atoms with E-state index < -0.39 is 7.14 Å². The van der Waals surface area contributed by atoms with Crippen molar-refractivity contribution in [3.05, 3.63) is 29.8 Å². The van der Waals surface area contributed by atoms with E-state index in [1.165, 1.54) is 5.56 Å². The molecule has 0 N–H and O–H groups in total. The molecule has 1 nitrogen and oxygen atoms in total. The van der Waals surface area contributed by atoms with E-state index in [0.29, 0.717) is 0 Å². The topological polar surface area (TPSA) is 17.1 Å². The molecule has 0 amide bonds. The van der Waals surface area contributed by atoms with Gasteiger partial charge in [0.2, 0.25) is 0 Å². The van der Waals surface area contributed by atoms with Crippen LogP contribution in [0.1, 0.15) is 25.3 Å². The lowest BCUT2D eigenvalue weighted by Gasteiger charge is -2.13. The van der Waals surface area contributed by atoms with Crippen LogP contribution in [0.3, 0.4) is 0 Å². The maximum absolute atomic E-state index is 12.3. The van der Waals surface area contributed by atoms with E-state index >= 15 is 0 Å². The minimum absolute atomic E-state index is 0.840. The summed E-state index contributed by atoms with van der Waals surface area (Å²) in [6.07, 6.45) is 3.01. The van der Waals surface area contributed by atoms with Gasteiger partial charge in [-0.1, -0.05) is 37.1 Å². The van der Waals surface area contributed by atoms with Gasteiger partial charge in [0.25, 0.3) is 0 Å². The molecule has 0 aliphatic rings. The zero-order valence-electron chi connectivity index (χ0n) is 9.29. The Balaban J connectivity index is 2.86. The largest absolute Gasteiger partial charge is 0.319 e. The Morgan fingerprint density at radius 2 is 2.07 bits per heavy atom. The molecule has 1 atom stereocenters. The molecule has 1 aromatic carbocycles. The number of rotatable bonds is 4. The molecule has 0 spiro atoms. The average molecular weight is 210 g/mol. The summed E-state index contributed by atoms with van der Waals surface area (Å²) in [6.45, 7) is 6.08. The van der Waals surface area contributed by atoms with Crippen LogP contribution in [0.15, 0.2) is 24.3 Å². The van der Waals surface area contributed by atoms with Gasteiger partial charge in [-0.15, -0.1) is 0 Å². The standard InChI is InChI=1S/C12H19OP/c1-4-5-9-14(3,13)12-8-6-7-11(2)10-12/h6-8,10H,4-5,9H2,1-3H3. The zero-order chi connectivity index (χ0) is 10.6. The molecule has 0 aromatic heterocycles. The molecule has 0 heterocycles. The Hall–Kier alpha value is -0.550. The zero-order valence-corrected chi connectivity index (χ0v) is 10.2. The van der Waals surface area contributed by atoms with Crippen LogP contribution >= 0.6 is 7.14 Å². The van der Waals surface area contributed by atoms with Gasteiger partial charge in [0, 0.05) is 11.5 Å². The number of benzene rings is 1. The molecule has 1 unspecified atom stereocenters. The van der Waals surface area contributed by atoms with Gasteiger partial charge < -0.3 is 4.57 Å².